The summed E-state index contributed by atoms with van der Waals surface area (Å²) < 4.78 is 6.23. The lowest BCUT2D eigenvalue weighted by molar-refractivity contribution is 0.487. The van der Waals surface area contributed by atoms with Crippen molar-refractivity contribution in [2.45, 2.75) is 9.79 Å². The summed E-state index contributed by atoms with van der Waals surface area (Å²) in [6.07, 6.45) is 0. The van der Waals surface area contributed by atoms with Gasteiger partial charge in [-0.2, -0.15) is 10.5 Å². The van der Waals surface area contributed by atoms with E-state index < -0.39 is 0 Å². The van der Waals surface area contributed by atoms with Crippen LogP contribution in [0.4, 0.5) is 11.4 Å². The molecule has 6 heteroatoms. The molecule has 0 bridgehead atoms. The van der Waals surface area contributed by atoms with Crippen molar-refractivity contribution in [3.05, 3.63) is 96.1 Å². The van der Waals surface area contributed by atoms with Crippen LogP contribution in [0.3, 0.4) is 0 Å². The second-order valence-electron chi connectivity index (χ2n) is 7.58. The van der Waals surface area contributed by atoms with Crippen LogP contribution in [-0.4, -0.2) is 6.85 Å². The predicted octanol–water partition coefficient (Wildman–Crippen LogP) is 4.94. The minimum Gasteiger partial charge on any atom is -0.458 e. The zero-order valence-corrected chi connectivity index (χ0v) is 17.6. The van der Waals surface area contributed by atoms with Crippen LogP contribution in [0, 0.1) is 22.7 Å². The number of hydrogen-bond acceptors (Lipinski definition) is 5. The van der Waals surface area contributed by atoms with Crippen LogP contribution >= 0.6 is 11.8 Å². The van der Waals surface area contributed by atoms with Gasteiger partial charge >= 0.3 is 6.85 Å². The lowest BCUT2D eigenvalue weighted by Crippen LogP contribution is -2.58. The summed E-state index contributed by atoms with van der Waals surface area (Å²) in [5.74, 6) is 1.56. The zero-order chi connectivity index (χ0) is 21.7. The minimum absolute atomic E-state index is 0.251. The van der Waals surface area contributed by atoms with Gasteiger partial charge in [-0.05, 0) is 47.3 Å². The predicted molar refractivity (Wildman–Crippen MR) is 127 cm³/mol. The second-order valence-corrected chi connectivity index (χ2v) is 8.66. The van der Waals surface area contributed by atoms with Crippen molar-refractivity contribution in [1.82, 2.24) is 0 Å². The molecule has 2 aliphatic heterocycles. The molecule has 2 aliphatic rings. The fourth-order valence-corrected chi connectivity index (χ4v) is 5.68. The Morgan fingerprint density at radius 2 is 1.16 bits per heavy atom. The Balaban J connectivity index is 1.73. The number of nitriles is 2. The lowest BCUT2D eigenvalue weighted by Gasteiger charge is -2.40. The Labute approximate surface area is 190 Å². The molecule has 0 aliphatic carbocycles. The number of anilines is 2. The lowest BCUT2D eigenvalue weighted by atomic mass is 9.47. The summed E-state index contributed by atoms with van der Waals surface area (Å²) in [4.78, 5) is 4.15. The number of rotatable bonds is 1. The van der Waals surface area contributed by atoms with Gasteiger partial charge < -0.3 is 9.55 Å². The molecule has 2 heterocycles. The van der Waals surface area contributed by atoms with E-state index in [9.17, 15) is 10.5 Å². The molecule has 32 heavy (non-hydrogen) atoms. The van der Waals surface area contributed by atoms with Crippen molar-refractivity contribution in [3.8, 4) is 23.6 Å². The van der Waals surface area contributed by atoms with Gasteiger partial charge in [0.15, 0.2) is 0 Å². The molecule has 0 aromatic heterocycles. The first kappa shape index (κ1) is 18.6. The molecule has 148 valence electrons. The Bertz CT molecular complexity index is 1380. The molecule has 0 saturated carbocycles. The van der Waals surface area contributed by atoms with Crippen molar-refractivity contribution in [2.24, 2.45) is 0 Å². The van der Waals surface area contributed by atoms with E-state index in [1.165, 1.54) is 0 Å². The van der Waals surface area contributed by atoms with E-state index >= 15 is 0 Å². The van der Waals surface area contributed by atoms with Gasteiger partial charge in [0, 0.05) is 9.79 Å². The third-order valence-corrected chi connectivity index (χ3v) is 6.94. The quantitative estimate of drug-likeness (QED) is 0.403. The van der Waals surface area contributed by atoms with Crippen LogP contribution in [0.1, 0.15) is 11.1 Å². The largest absolute Gasteiger partial charge is 0.458 e. The number of benzene rings is 4. The highest BCUT2D eigenvalue weighted by atomic mass is 32.2. The highest BCUT2D eigenvalue weighted by molar-refractivity contribution is 7.99. The van der Waals surface area contributed by atoms with Gasteiger partial charge in [-0.3, -0.25) is 0 Å². The second kappa shape index (κ2) is 7.23. The molecule has 4 nitrogen and oxygen atoms in total. The Morgan fingerprint density at radius 1 is 0.656 bits per heavy atom. The number of para-hydroxylation sites is 4. The van der Waals surface area contributed by atoms with Gasteiger partial charge in [-0.1, -0.05) is 60.3 Å². The van der Waals surface area contributed by atoms with Crippen LogP contribution in [0.25, 0.3) is 0 Å². The molecule has 4 aromatic carbocycles. The molecule has 0 radical (unpaired) electrons. The fraction of sp³-hybridized carbons (Fsp3) is 0. The van der Waals surface area contributed by atoms with Crippen molar-refractivity contribution in [2.75, 3.05) is 4.81 Å². The van der Waals surface area contributed by atoms with Gasteiger partial charge in [0.2, 0.25) is 0 Å². The molecule has 0 unspecified atom stereocenters. The molecule has 0 fully saturated rings. The van der Waals surface area contributed by atoms with Gasteiger partial charge in [0.05, 0.1) is 22.5 Å². The van der Waals surface area contributed by atoms with Gasteiger partial charge in [-0.15, -0.1) is 0 Å². The summed E-state index contributed by atoms with van der Waals surface area (Å²) in [7, 11) is 0. The number of nitrogens with zero attached hydrogens (tertiary/aromatic N) is 3. The van der Waals surface area contributed by atoms with Crippen molar-refractivity contribution >= 4 is 40.9 Å². The summed E-state index contributed by atoms with van der Waals surface area (Å²) in [6.45, 7) is -0.251. The molecular weight excluding hydrogens is 413 g/mol. The van der Waals surface area contributed by atoms with Crippen LogP contribution in [0.15, 0.2) is 94.7 Å². The Kier molecular flexibility index (Phi) is 4.21. The van der Waals surface area contributed by atoms with E-state index in [0.29, 0.717) is 11.1 Å². The summed E-state index contributed by atoms with van der Waals surface area (Å²) in [5, 5.41) is 20.0. The Morgan fingerprint density at radius 3 is 1.66 bits per heavy atom. The SMILES string of the molecule is N#Cc1cccc2c1N(B1c3ccccc3Oc3ccccc31)c1c(C#N)cccc1S2. The highest BCUT2D eigenvalue weighted by Gasteiger charge is 2.42. The third-order valence-electron chi connectivity index (χ3n) is 5.85. The molecule has 0 saturated heterocycles. The molecule has 0 spiro atoms. The van der Waals surface area contributed by atoms with Crippen LogP contribution in [0.5, 0.6) is 11.5 Å². The van der Waals surface area contributed by atoms with Crippen molar-refractivity contribution in [3.63, 3.8) is 0 Å². The maximum absolute atomic E-state index is 10.00. The van der Waals surface area contributed by atoms with E-state index in [2.05, 4.69) is 29.1 Å². The Hall–Kier alpha value is -4.13. The van der Waals surface area contributed by atoms with Gasteiger partial charge in [-0.25, -0.2) is 0 Å². The highest BCUT2D eigenvalue weighted by Crippen LogP contribution is 2.51. The van der Waals surface area contributed by atoms with Gasteiger partial charge in [0.25, 0.3) is 0 Å². The van der Waals surface area contributed by atoms with E-state index in [1.807, 2.05) is 72.8 Å². The number of hydrogen-bond donors (Lipinski definition) is 0. The van der Waals surface area contributed by atoms with E-state index in [1.54, 1.807) is 11.8 Å². The first-order valence-electron chi connectivity index (χ1n) is 10.2. The van der Waals surface area contributed by atoms with Crippen LogP contribution in [0.2, 0.25) is 0 Å². The molecule has 4 aromatic rings. The standard InChI is InChI=1S/C26H14BN3OS/c28-15-17-7-5-13-23-25(17)30(26-18(16-29)8-6-14-24(26)32-23)27-19-9-1-3-11-21(19)31-22-12-4-2-10-20(22)27/h1-14H. The minimum atomic E-state index is -0.251. The number of fused-ring (bicyclic) bond motifs is 4. The zero-order valence-electron chi connectivity index (χ0n) is 16.8. The van der Waals surface area contributed by atoms with Crippen molar-refractivity contribution in [1.29, 1.82) is 10.5 Å². The molecule has 0 N–H and O–H groups in total. The fourth-order valence-electron chi connectivity index (χ4n) is 4.54. The molecule has 6 rings (SSSR count). The average molecular weight is 427 g/mol. The normalized spacial score (nSPS) is 12.9. The topological polar surface area (TPSA) is 60.1 Å². The summed E-state index contributed by atoms with van der Waals surface area (Å²) in [6, 6.07) is 32.3. The van der Waals surface area contributed by atoms with Crippen LogP contribution < -0.4 is 20.5 Å². The molecule has 0 atom stereocenters. The van der Waals surface area contributed by atoms with E-state index in [4.69, 9.17) is 4.74 Å². The third kappa shape index (κ3) is 2.64. The molecular formula is C26H14BN3OS. The van der Waals surface area contributed by atoms with Crippen LogP contribution in [-0.2, 0) is 0 Å². The van der Waals surface area contributed by atoms with E-state index in [0.717, 1.165) is 43.6 Å². The summed E-state index contributed by atoms with van der Waals surface area (Å²) in [5.41, 5.74) is 4.80. The average Bonchev–Trinajstić information content (AvgIpc) is 2.85. The summed E-state index contributed by atoms with van der Waals surface area (Å²) >= 11 is 1.60. The van der Waals surface area contributed by atoms with Crippen molar-refractivity contribution < 1.29 is 4.74 Å². The molecule has 0 amide bonds. The monoisotopic (exact) mass is 427 g/mol. The van der Waals surface area contributed by atoms with E-state index in [-0.39, 0.29) is 6.85 Å². The smallest absolute Gasteiger partial charge is 0.335 e. The number of ether oxygens (including phenoxy) is 1. The maximum atomic E-state index is 10.00. The van der Waals surface area contributed by atoms with Gasteiger partial charge in [0.1, 0.15) is 23.6 Å². The first-order valence-corrected chi connectivity index (χ1v) is 11.0. The maximum Gasteiger partial charge on any atom is 0.335 e. The first-order chi connectivity index (χ1) is 15.8.